The van der Waals surface area contributed by atoms with Crippen LogP contribution in [-0.4, -0.2) is 39.4 Å². The third-order valence-electron chi connectivity index (χ3n) is 4.09. The molecular weight excluding hydrogens is 292 g/mol. The van der Waals surface area contributed by atoms with Gasteiger partial charge in [-0.15, -0.1) is 0 Å². The number of nitrogens with zero attached hydrogens (tertiary/aromatic N) is 3. The molecule has 3 rings (SSSR count). The molecular formula is C17H22N4O2. The van der Waals surface area contributed by atoms with Gasteiger partial charge in [-0.05, 0) is 32.9 Å². The van der Waals surface area contributed by atoms with E-state index < -0.39 is 0 Å². The summed E-state index contributed by atoms with van der Waals surface area (Å²) in [6.07, 6.45) is 3.14. The maximum atomic E-state index is 12.1. The van der Waals surface area contributed by atoms with Crippen molar-refractivity contribution in [2.24, 2.45) is 0 Å². The second-order valence-corrected chi connectivity index (χ2v) is 6.85. The van der Waals surface area contributed by atoms with E-state index in [2.05, 4.69) is 41.0 Å². The molecule has 0 saturated carbocycles. The Morgan fingerprint density at radius 1 is 1.39 bits per heavy atom. The third kappa shape index (κ3) is 3.59. The van der Waals surface area contributed by atoms with Gasteiger partial charge in [-0.3, -0.25) is 14.7 Å². The zero-order valence-corrected chi connectivity index (χ0v) is 13.7. The van der Waals surface area contributed by atoms with Crippen LogP contribution in [0.1, 0.15) is 48.8 Å². The Bertz CT molecular complexity index is 669. The standard InChI is InChI=1S/C17H22N4O2/c1-17(2,3)21-9-12(10-21)16-20-14(11-23-16)15(22)19-8-13-6-4-5-7-18-13/h4-7,11-12H,8-10H2,1-3H3,(H,19,22). The van der Waals surface area contributed by atoms with E-state index in [-0.39, 0.29) is 17.4 Å². The van der Waals surface area contributed by atoms with Crippen molar-refractivity contribution < 1.29 is 9.21 Å². The van der Waals surface area contributed by atoms with E-state index in [1.54, 1.807) is 6.20 Å². The molecule has 6 heteroatoms. The van der Waals surface area contributed by atoms with Crippen molar-refractivity contribution in [3.8, 4) is 0 Å². The van der Waals surface area contributed by atoms with E-state index in [4.69, 9.17) is 4.42 Å². The molecule has 0 spiro atoms. The highest BCUT2D eigenvalue weighted by Gasteiger charge is 2.37. The summed E-state index contributed by atoms with van der Waals surface area (Å²) >= 11 is 0. The van der Waals surface area contributed by atoms with Crippen molar-refractivity contribution in [2.45, 2.75) is 38.8 Å². The van der Waals surface area contributed by atoms with E-state index in [1.165, 1.54) is 6.26 Å². The molecule has 1 N–H and O–H groups in total. The minimum Gasteiger partial charge on any atom is -0.448 e. The monoisotopic (exact) mass is 314 g/mol. The molecule has 6 nitrogen and oxygen atoms in total. The lowest BCUT2D eigenvalue weighted by Crippen LogP contribution is -2.54. The summed E-state index contributed by atoms with van der Waals surface area (Å²) in [5.74, 6) is 0.678. The van der Waals surface area contributed by atoms with E-state index in [0.717, 1.165) is 18.8 Å². The summed E-state index contributed by atoms with van der Waals surface area (Å²) in [5, 5.41) is 2.80. The number of carbonyl (C=O) groups excluding carboxylic acids is 1. The Hall–Kier alpha value is -2.21. The fourth-order valence-corrected chi connectivity index (χ4v) is 2.53. The molecule has 0 atom stereocenters. The van der Waals surface area contributed by atoms with Crippen LogP contribution in [0.25, 0.3) is 0 Å². The summed E-state index contributed by atoms with van der Waals surface area (Å²) in [4.78, 5) is 23.0. The van der Waals surface area contributed by atoms with Crippen LogP contribution in [-0.2, 0) is 6.54 Å². The Kier molecular flexibility index (Phi) is 4.17. The molecule has 1 amide bonds. The molecule has 0 bridgehead atoms. The van der Waals surface area contributed by atoms with Crippen LogP contribution in [0.15, 0.2) is 35.1 Å². The molecule has 1 fully saturated rings. The molecule has 1 aliphatic heterocycles. The number of likely N-dealkylation sites (tertiary alicyclic amines) is 1. The van der Waals surface area contributed by atoms with Crippen LogP contribution >= 0.6 is 0 Å². The van der Waals surface area contributed by atoms with Crippen molar-refractivity contribution in [1.29, 1.82) is 0 Å². The van der Waals surface area contributed by atoms with Crippen LogP contribution in [0, 0.1) is 0 Å². The van der Waals surface area contributed by atoms with Crippen LogP contribution in [0.2, 0.25) is 0 Å². The van der Waals surface area contributed by atoms with Gasteiger partial charge in [0.25, 0.3) is 5.91 Å². The van der Waals surface area contributed by atoms with Crippen molar-refractivity contribution in [1.82, 2.24) is 20.2 Å². The highest BCUT2D eigenvalue weighted by atomic mass is 16.3. The SMILES string of the molecule is CC(C)(C)N1CC(c2nc(C(=O)NCc3ccccn3)co2)C1. The molecule has 2 aromatic heterocycles. The fraction of sp³-hybridized carbons (Fsp3) is 0.471. The molecule has 2 aromatic rings. The first-order valence-electron chi connectivity index (χ1n) is 7.82. The van der Waals surface area contributed by atoms with Gasteiger partial charge in [-0.25, -0.2) is 4.98 Å². The lowest BCUT2D eigenvalue weighted by molar-refractivity contribution is 0.0375. The van der Waals surface area contributed by atoms with Gasteiger partial charge in [-0.2, -0.15) is 0 Å². The lowest BCUT2D eigenvalue weighted by Gasteiger charge is -2.46. The van der Waals surface area contributed by atoms with Crippen LogP contribution in [0.4, 0.5) is 0 Å². The number of hydrogen-bond acceptors (Lipinski definition) is 5. The van der Waals surface area contributed by atoms with Gasteiger partial charge in [-0.1, -0.05) is 6.07 Å². The Morgan fingerprint density at radius 2 is 2.17 bits per heavy atom. The van der Waals surface area contributed by atoms with Crippen LogP contribution < -0.4 is 5.32 Å². The highest BCUT2D eigenvalue weighted by molar-refractivity contribution is 5.91. The van der Waals surface area contributed by atoms with Gasteiger partial charge in [0.1, 0.15) is 6.26 Å². The first-order chi connectivity index (χ1) is 10.9. The molecule has 3 heterocycles. The van der Waals surface area contributed by atoms with Gasteiger partial charge in [0.2, 0.25) is 0 Å². The number of carbonyl (C=O) groups is 1. The minimum atomic E-state index is -0.238. The molecule has 1 saturated heterocycles. The summed E-state index contributed by atoms with van der Waals surface area (Å²) in [6, 6.07) is 5.60. The second kappa shape index (κ2) is 6.12. The number of nitrogens with one attached hydrogen (secondary N) is 1. The summed E-state index contributed by atoms with van der Waals surface area (Å²) in [7, 11) is 0. The van der Waals surface area contributed by atoms with E-state index in [1.807, 2.05) is 18.2 Å². The first-order valence-corrected chi connectivity index (χ1v) is 7.82. The molecule has 23 heavy (non-hydrogen) atoms. The van der Waals surface area contributed by atoms with Gasteiger partial charge in [0.15, 0.2) is 11.6 Å². The molecule has 122 valence electrons. The van der Waals surface area contributed by atoms with Crippen molar-refractivity contribution >= 4 is 5.91 Å². The van der Waals surface area contributed by atoms with E-state index in [9.17, 15) is 4.79 Å². The maximum absolute atomic E-state index is 12.1. The van der Waals surface area contributed by atoms with Crippen LogP contribution in [0.3, 0.4) is 0 Å². The molecule has 0 unspecified atom stereocenters. The third-order valence-corrected chi connectivity index (χ3v) is 4.09. The van der Waals surface area contributed by atoms with Crippen LogP contribution in [0.5, 0.6) is 0 Å². The second-order valence-electron chi connectivity index (χ2n) is 6.85. The molecule has 1 aliphatic rings. The average molecular weight is 314 g/mol. The van der Waals surface area contributed by atoms with Gasteiger partial charge in [0, 0.05) is 24.8 Å². The predicted octanol–water partition coefficient (Wildman–Crippen LogP) is 2.20. The number of hydrogen-bond donors (Lipinski definition) is 1. The quantitative estimate of drug-likeness (QED) is 0.936. The Labute approximate surface area is 135 Å². The largest absolute Gasteiger partial charge is 0.448 e. The van der Waals surface area contributed by atoms with E-state index in [0.29, 0.717) is 18.1 Å². The van der Waals surface area contributed by atoms with Crippen molar-refractivity contribution in [2.75, 3.05) is 13.1 Å². The Balaban J connectivity index is 1.54. The topological polar surface area (TPSA) is 71.3 Å². The summed E-state index contributed by atoms with van der Waals surface area (Å²) in [6.45, 7) is 8.78. The number of aromatic nitrogens is 2. The maximum Gasteiger partial charge on any atom is 0.273 e. The predicted molar refractivity (Wildman–Crippen MR) is 86.0 cm³/mol. The number of rotatable bonds is 4. The van der Waals surface area contributed by atoms with Crippen molar-refractivity contribution in [3.05, 3.63) is 47.9 Å². The zero-order valence-electron chi connectivity index (χ0n) is 13.7. The molecule has 0 aromatic carbocycles. The lowest BCUT2D eigenvalue weighted by atomic mass is 9.92. The molecule has 0 radical (unpaired) electrons. The minimum absolute atomic E-state index is 0.159. The number of oxazole rings is 1. The first kappa shape index (κ1) is 15.7. The Morgan fingerprint density at radius 3 is 2.83 bits per heavy atom. The van der Waals surface area contributed by atoms with Gasteiger partial charge in [0.05, 0.1) is 18.2 Å². The highest BCUT2D eigenvalue weighted by Crippen LogP contribution is 2.31. The molecule has 0 aliphatic carbocycles. The van der Waals surface area contributed by atoms with E-state index >= 15 is 0 Å². The number of pyridine rings is 1. The van der Waals surface area contributed by atoms with Gasteiger partial charge < -0.3 is 9.73 Å². The fourth-order valence-electron chi connectivity index (χ4n) is 2.53. The van der Waals surface area contributed by atoms with Gasteiger partial charge >= 0.3 is 0 Å². The number of amides is 1. The average Bonchev–Trinajstić information content (AvgIpc) is 2.92. The smallest absolute Gasteiger partial charge is 0.273 e. The normalized spacial score (nSPS) is 16.1. The van der Waals surface area contributed by atoms with Crippen molar-refractivity contribution in [3.63, 3.8) is 0 Å². The zero-order chi connectivity index (χ0) is 16.4. The summed E-state index contributed by atoms with van der Waals surface area (Å²) in [5.41, 5.74) is 1.29. The summed E-state index contributed by atoms with van der Waals surface area (Å²) < 4.78 is 5.49.